The highest BCUT2D eigenvalue weighted by molar-refractivity contribution is 5.96. The average molecular weight is 377 g/mol. The van der Waals surface area contributed by atoms with Crippen LogP contribution in [0.4, 0.5) is 0 Å². The lowest BCUT2D eigenvalue weighted by atomic mass is 10.0. The third-order valence-electron chi connectivity index (χ3n) is 5.59. The first-order valence-corrected chi connectivity index (χ1v) is 9.78. The fourth-order valence-corrected chi connectivity index (χ4v) is 4.22. The van der Waals surface area contributed by atoms with Gasteiger partial charge in [-0.15, -0.1) is 0 Å². The summed E-state index contributed by atoms with van der Waals surface area (Å²) in [6.07, 6.45) is 4.12. The van der Waals surface area contributed by atoms with Gasteiger partial charge in [0, 0.05) is 55.5 Å². The molecule has 1 amide bonds. The van der Waals surface area contributed by atoms with E-state index in [9.17, 15) is 4.79 Å². The summed E-state index contributed by atoms with van der Waals surface area (Å²) >= 11 is 0. The number of ether oxygens (including phenoxy) is 1. The molecule has 0 radical (unpaired) electrons. The Bertz CT molecular complexity index is 1040. The van der Waals surface area contributed by atoms with Crippen molar-refractivity contribution >= 4 is 16.8 Å². The maximum absolute atomic E-state index is 12.4. The Balaban J connectivity index is 1.62. The Morgan fingerprint density at radius 2 is 2.21 bits per heavy atom. The molecule has 144 valence electrons. The van der Waals surface area contributed by atoms with E-state index in [2.05, 4.69) is 26.8 Å². The number of nitrogens with zero attached hydrogens (tertiary/aromatic N) is 3. The van der Waals surface area contributed by atoms with Crippen molar-refractivity contribution in [3.63, 3.8) is 0 Å². The molecule has 0 aliphatic carbocycles. The molecule has 0 spiro atoms. The third kappa shape index (κ3) is 3.01. The molecule has 3 aromatic rings. The lowest BCUT2D eigenvalue weighted by Crippen LogP contribution is -2.40. The SMILES string of the molecule is Cn1nc2cccc3c2c1CCCNC(=O)[C@@H]1C[C@@H](CN1)Oc1ccnc-3c1. The van der Waals surface area contributed by atoms with E-state index < -0.39 is 0 Å². The van der Waals surface area contributed by atoms with Crippen molar-refractivity contribution < 1.29 is 9.53 Å². The minimum atomic E-state index is -0.197. The molecule has 5 rings (SSSR count). The normalized spacial score (nSPS) is 22.2. The van der Waals surface area contributed by atoms with Crippen molar-refractivity contribution in [1.29, 1.82) is 0 Å². The number of amides is 1. The molecular weight excluding hydrogens is 354 g/mol. The zero-order valence-corrected chi connectivity index (χ0v) is 15.8. The Hall–Kier alpha value is -2.93. The summed E-state index contributed by atoms with van der Waals surface area (Å²) in [7, 11) is 1.97. The molecule has 2 aliphatic rings. The summed E-state index contributed by atoms with van der Waals surface area (Å²) in [4.78, 5) is 17.0. The molecule has 7 heteroatoms. The number of carbonyl (C=O) groups is 1. The molecule has 4 heterocycles. The first kappa shape index (κ1) is 17.2. The van der Waals surface area contributed by atoms with Gasteiger partial charge in [-0.3, -0.25) is 14.5 Å². The van der Waals surface area contributed by atoms with Gasteiger partial charge in [0.15, 0.2) is 0 Å². The van der Waals surface area contributed by atoms with Crippen LogP contribution < -0.4 is 15.4 Å². The second-order valence-corrected chi connectivity index (χ2v) is 7.48. The number of pyridine rings is 1. The second kappa shape index (κ2) is 6.91. The van der Waals surface area contributed by atoms with Crippen LogP contribution in [0.3, 0.4) is 0 Å². The molecule has 2 aliphatic heterocycles. The quantitative estimate of drug-likeness (QED) is 0.625. The molecule has 2 atom stereocenters. The molecule has 4 bridgehead atoms. The Kier molecular flexibility index (Phi) is 4.24. The lowest BCUT2D eigenvalue weighted by Gasteiger charge is -2.14. The van der Waals surface area contributed by atoms with Crippen LogP contribution in [0.25, 0.3) is 22.2 Å². The Morgan fingerprint density at radius 1 is 1.29 bits per heavy atom. The Labute approximate surface area is 163 Å². The van der Waals surface area contributed by atoms with E-state index in [1.807, 2.05) is 36.0 Å². The van der Waals surface area contributed by atoms with Crippen LogP contribution in [0.15, 0.2) is 36.5 Å². The van der Waals surface area contributed by atoms with Crippen LogP contribution in [-0.4, -0.2) is 45.9 Å². The highest BCUT2D eigenvalue weighted by Crippen LogP contribution is 2.32. The minimum Gasteiger partial charge on any atom is -0.489 e. The lowest BCUT2D eigenvalue weighted by molar-refractivity contribution is -0.122. The fourth-order valence-electron chi connectivity index (χ4n) is 4.22. The highest BCUT2D eigenvalue weighted by atomic mass is 16.5. The zero-order valence-electron chi connectivity index (χ0n) is 15.8. The van der Waals surface area contributed by atoms with Gasteiger partial charge in [0.1, 0.15) is 11.9 Å². The number of hydrogen-bond acceptors (Lipinski definition) is 5. The molecular formula is C21H23N5O2. The molecule has 0 saturated carbocycles. The topological polar surface area (TPSA) is 81.1 Å². The van der Waals surface area contributed by atoms with E-state index >= 15 is 0 Å². The minimum absolute atomic E-state index is 0.0270. The summed E-state index contributed by atoms with van der Waals surface area (Å²) in [6, 6.07) is 9.80. The van der Waals surface area contributed by atoms with Crippen LogP contribution >= 0.6 is 0 Å². The van der Waals surface area contributed by atoms with E-state index in [4.69, 9.17) is 4.74 Å². The molecule has 1 aromatic carbocycles. The summed E-state index contributed by atoms with van der Waals surface area (Å²) < 4.78 is 8.10. The Morgan fingerprint density at radius 3 is 3.14 bits per heavy atom. The van der Waals surface area contributed by atoms with Gasteiger partial charge in [0.2, 0.25) is 5.91 Å². The van der Waals surface area contributed by atoms with Gasteiger partial charge in [0.25, 0.3) is 0 Å². The number of aromatic nitrogens is 3. The number of carbonyl (C=O) groups excluding carboxylic acids is 1. The van der Waals surface area contributed by atoms with Crippen LogP contribution in [0, 0.1) is 0 Å². The molecule has 0 unspecified atom stereocenters. The predicted octanol–water partition coefficient (Wildman–Crippen LogP) is 1.81. The predicted molar refractivity (Wildman–Crippen MR) is 106 cm³/mol. The number of nitrogens with one attached hydrogen (secondary N) is 2. The van der Waals surface area contributed by atoms with Crippen molar-refractivity contribution in [3.8, 4) is 17.0 Å². The van der Waals surface area contributed by atoms with Gasteiger partial charge in [-0.25, -0.2) is 0 Å². The largest absolute Gasteiger partial charge is 0.489 e. The number of benzene rings is 1. The van der Waals surface area contributed by atoms with E-state index in [-0.39, 0.29) is 18.1 Å². The van der Waals surface area contributed by atoms with Crippen LogP contribution in [0.5, 0.6) is 5.75 Å². The standard InChI is InChI=1S/C21H23N5O2/c1-26-19-6-3-8-23-21(27)18-11-14(12-24-18)28-13-7-9-22-17(10-13)15-4-2-5-16(25-26)20(15)19/h2,4-5,7,9-10,14,18,24H,3,6,8,11-12H2,1H3,(H,23,27)/t14-,18-/m0/s1. The van der Waals surface area contributed by atoms with Crippen molar-refractivity contribution in [2.24, 2.45) is 7.05 Å². The van der Waals surface area contributed by atoms with Crippen molar-refractivity contribution in [3.05, 3.63) is 42.2 Å². The molecule has 1 saturated heterocycles. The van der Waals surface area contributed by atoms with Gasteiger partial charge < -0.3 is 15.4 Å². The molecule has 7 nitrogen and oxygen atoms in total. The van der Waals surface area contributed by atoms with Gasteiger partial charge in [-0.2, -0.15) is 5.10 Å². The van der Waals surface area contributed by atoms with Crippen LogP contribution in [0.2, 0.25) is 0 Å². The molecule has 28 heavy (non-hydrogen) atoms. The summed E-state index contributed by atoms with van der Waals surface area (Å²) in [5, 5.41) is 12.1. The van der Waals surface area contributed by atoms with Crippen LogP contribution in [0.1, 0.15) is 18.5 Å². The molecule has 1 fully saturated rings. The van der Waals surface area contributed by atoms with Gasteiger partial charge in [-0.1, -0.05) is 12.1 Å². The first-order chi connectivity index (χ1) is 13.7. The van der Waals surface area contributed by atoms with E-state index in [1.165, 1.54) is 0 Å². The van der Waals surface area contributed by atoms with Gasteiger partial charge >= 0.3 is 0 Å². The first-order valence-electron chi connectivity index (χ1n) is 9.78. The van der Waals surface area contributed by atoms with Crippen LogP contribution in [-0.2, 0) is 18.3 Å². The fraction of sp³-hybridized carbons (Fsp3) is 0.381. The number of hydrogen-bond donors (Lipinski definition) is 2. The summed E-state index contributed by atoms with van der Waals surface area (Å²) in [5.41, 5.74) is 4.05. The van der Waals surface area contributed by atoms with E-state index in [0.29, 0.717) is 19.5 Å². The van der Waals surface area contributed by atoms with Crippen molar-refractivity contribution in [2.45, 2.75) is 31.4 Å². The molecule has 2 N–H and O–H groups in total. The van der Waals surface area contributed by atoms with Gasteiger partial charge in [-0.05, 0) is 25.0 Å². The monoisotopic (exact) mass is 377 g/mol. The molecule has 2 aromatic heterocycles. The maximum atomic E-state index is 12.4. The van der Waals surface area contributed by atoms with Crippen molar-refractivity contribution in [1.82, 2.24) is 25.4 Å². The highest BCUT2D eigenvalue weighted by Gasteiger charge is 2.30. The number of rotatable bonds is 0. The number of fused-ring (bicyclic) bond motifs is 5. The summed E-state index contributed by atoms with van der Waals surface area (Å²) in [5.74, 6) is 0.821. The summed E-state index contributed by atoms with van der Waals surface area (Å²) in [6.45, 7) is 1.31. The second-order valence-electron chi connectivity index (χ2n) is 7.48. The average Bonchev–Trinajstić information content (AvgIpc) is 3.28. The van der Waals surface area contributed by atoms with Crippen molar-refractivity contribution in [2.75, 3.05) is 13.1 Å². The smallest absolute Gasteiger partial charge is 0.237 e. The van der Waals surface area contributed by atoms with Gasteiger partial charge in [0.05, 0.1) is 17.3 Å². The number of aryl methyl sites for hydroxylation is 2. The van der Waals surface area contributed by atoms with E-state index in [0.717, 1.165) is 46.4 Å². The zero-order chi connectivity index (χ0) is 19.1. The van der Waals surface area contributed by atoms with E-state index in [1.54, 1.807) is 6.20 Å². The third-order valence-corrected chi connectivity index (χ3v) is 5.59. The maximum Gasteiger partial charge on any atom is 0.237 e.